The van der Waals surface area contributed by atoms with Crippen molar-refractivity contribution in [3.8, 4) is 0 Å². The van der Waals surface area contributed by atoms with E-state index in [-0.39, 0.29) is 0 Å². The van der Waals surface area contributed by atoms with Crippen molar-refractivity contribution in [2.75, 3.05) is 13.1 Å². The van der Waals surface area contributed by atoms with Crippen molar-refractivity contribution in [3.63, 3.8) is 0 Å². The van der Waals surface area contributed by atoms with E-state index in [1.165, 1.54) is 4.90 Å². The molecule has 6 nitrogen and oxygen atoms in total. The molecule has 1 heterocycles. The van der Waals surface area contributed by atoms with Crippen molar-refractivity contribution in [1.29, 1.82) is 0 Å². The van der Waals surface area contributed by atoms with E-state index in [4.69, 9.17) is 0 Å². The molecule has 0 radical (unpaired) electrons. The first-order chi connectivity index (χ1) is 10.1. The van der Waals surface area contributed by atoms with Gasteiger partial charge in [-0.15, -0.1) is 0 Å². The molecule has 0 spiro atoms. The molecule has 1 unspecified atom stereocenters. The molecule has 2 N–H and O–H groups in total. The normalized spacial score (nSPS) is 21.3. The standard InChI is InChI=1S/C15H19N3O3/c1-3-10-18-14(21)17-13(20)15(18,12(19)16-4-2)11-8-6-5-7-9-11/h5-9H,3-4,10H2,1-2H3,(H,16,19)(H,17,20,21). The van der Waals surface area contributed by atoms with Crippen LogP contribution in [-0.4, -0.2) is 35.8 Å². The van der Waals surface area contributed by atoms with Crippen LogP contribution in [-0.2, 0) is 15.1 Å². The zero-order chi connectivity index (χ0) is 15.5. The molecule has 6 heteroatoms. The predicted molar refractivity (Wildman–Crippen MR) is 77.3 cm³/mol. The third-order valence-electron chi connectivity index (χ3n) is 3.50. The Morgan fingerprint density at radius 1 is 1.24 bits per heavy atom. The molecule has 1 fully saturated rings. The number of benzene rings is 1. The fourth-order valence-corrected chi connectivity index (χ4v) is 2.63. The van der Waals surface area contributed by atoms with Gasteiger partial charge < -0.3 is 5.32 Å². The zero-order valence-electron chi connectivity index (χ0n) is 12.2. The monoisotopic (exact) mass is 289 g/mol. The van der Waals surface area contributed by atoms with Crippen LogP contribution in [0.2, 0.25) is 0 Å². The second-order valence-electron chi connectivity index (χ2n) is 4.85. The highest BCUT2D eigenvalue weighted by Crippen LogP contribution is 2.33. The maximum atomic E-state index is 12.6. The minimum absolute atomic E-state index is 0.323. The minimum atomic E-state index is -1.62. The number of hydrogen-bond donors (Lipinski definition) is 2. The zero-order valence-corrected chi connectivity index (χ0v) is 12.2. The summed E-state index contributed by atoms with van der Waals surface area (Å²) < 4.78 is 0. The Bertz CT molecular complexity index is 559. The van der Waals surface area contributed by atoms with Crippen LogP contribution in [0.15, 0.2) is 30.3 Å². The highest BCUT2D eigenvalue weighted by molar-refractivity contribution is 6.20. The number of imide groups is 1. The Kier molecular flexibility index (Phi) is 4.26. The Hall–Kier alpha value is -2.37. The van der Waals surface area contributed by atoms with Crippen LogP contribution >= 0.6 is 0 Å². The SMILES string of the molecule is CCCN1C(=O)NC(=O)C1(C(=O)NCC)c1ccccc1. The number of nitrogens with one attached hydrogen (secondary N) is 2. The predicted octanol–water partition coefficient (Wildman–Crippen LogP) is 0.980. The lowest BCUT2D eigenvalue weighted by atomic mass is 9.87. The number of carbonyl (C=O) groups is 3. The van der Waals surface area contributed by atoms with Gasteiger partial charge in [0.1, 0.15) is 0 Å². The summed E-state index contributed by atoms with van der Waals surface area (Å²) in [4.78, 5) is 38.5. The summed E-state index contributed by atoms with van der Waals surface area (Å²) >= 11 is 0. The van der Waals surface area contributed by atoms with Crippen molar-refractivity contribution in [3.05, 3.63) is 35.9 Å². The first-order valence-electron chi connectivity index (χ1n) is 7.05. The van der Waals surface area contributed by atoms with Crippen molar-refractivity contribution in [1.82, 2.24) is 15.5 Å². The molecule has 1 aromatic carbocycles. The van der Waals surface area contributed by atoms with Gasteiger partial charge in [-0.1, -0.05) is 37.3 Å². The molecule has 1 atom stereocenters. The van der Waals surface area contributed by atoms with E-state index in [2.05, 4.69) is 10.6 Å². The van der Waals surface area contributed by atoms with Gasteiger partial charge in [0.15, 0.2) is 0 Å². The van der Waals surface area contributed by atoms with Crippen LogP contribution in [0.5, 0.6) is 0 Å². The number of amides is 4. The summed E-state index contributed by atoms with van der Waals surface area (Å²) in [5.41, 5.74) is -1.13. The van der Waals surface area contributed by atoms with Gasteiger partial charge in [0, 0.05) is 13.1 Å². The van der Waals surface area contributed by atoms with Crippen molar-refractivity contribution >= 4 is 17.8 Å². The largest absolute Gasteiger partial charge is 0.354 e. The van der Waals surface area contributed by atoms with Crippen LogP contribution in [0.25, 0.3) is 0 Å². The van der Waals surface area contributed by atoms with Gasteiger partial charge in [-0.3, -0.25) is 19.8 Å². The minimum Gasteiger partial charge on any atom is -0.354 e. The Morgan fingerprint density at radius 2 is 1.90 bits per heavy atom. The van der Waals surface area contributed by atoms with E-state index in [0.29, 0.717) is 25.1 Å². The summed E-state index contributed by atoms with van der Waals surface area (Å²) in [5.74, 6) is -1.08. The number of nitrogens with zero attached hydrogens (tertiary/aromatic N) is 1. The topological polar surface area (TPSA) is 78.5 Å². The van der Waals surface area contributed by atoms with E-state index < -0.39 is 23.4 Å². The highest BCUT2D eigenvalue weighted by Gasteiger charge is 2.59. The summed E-state index contributed by atoms with van der Waals surface area (Å²) in [7, 11) is 0. The maximum absolute atomic E-state index is 12.6. The molecule has 0 aromatic heterocycles. The third kappa shape index (κ3) is 2.26. The molecule has 0 aliphatic carbocycles. The lowest BCUT2D eigenvalue weighted by Crippen LogP contribution is -2.57. The van der Waals surface area contributed by atoms with Crippen LogP contribution in [0.3, 0.4) is 0 Å². The second kappa shape index (κ2) is 5.95. The van der Waals surface area contributed by atoms with Gasteiger partial charge in [0.2, 0.25) is 5.54 Å². The number of carbonyl (C=O) groups excluding carboxylic acids is 3. The fraction of sp³-hybridized carbons (Fsp3) is 0.400. The van der Waals surface area contributed by atoms with Crippen molar-refractivity contribution < 1.29 is 14.4 Å². The average Bonchev–Trinajstić information content (AvgIpc) is 2.72. The van der Waals surface area contributed by atoms with Crippen LogP contribution in [0.4, 0.5) is 4.79 Å². The number of likely N-dealkylation sites (N-methyl/N-ethyl adjacent to an activating group) is 1. The molecule has 4 amide bonds. The molecular formula is C15H19N3O3. The average molecular weight is 289 g/mol. The lowest BCUT2D eigenvalue weighted by molar-refractivity contribution is -0.141. The number of urea groups is 1. The number of hydrogen-bond acceptors (Lipinski definition) is 3. The van der Waals surface area contributed by atoms with Gasteiger partial charge in [-0.05, 0) is 18.9 Å². The van der Waals surface area contributed by atoms with E-state index in [9.17, 15) is 14.4 Å². The van der Waals surface area contributed by atoms with E-state index in [1.54, 1.807) is 37.3 Å². The van der Waals surface area contributed by atoms with Crippen LogP contribution < -0.4 is 10.6 Å². The van der Waals surface area contributed by atoms with E-state index >= 15 is 0 Å². The van der Waals surface area contributed by atoms with Gasteiger partial charge in [-0.2, -0.15) is 0 Å². The van der Waals surface area contributed by atoms with Crippen molar-refractivity contribution in [2.24, 2.45) is 0 Å². The van der Waals surface area contributed by atoms with E-state index in [0.717, 1.165) is 0 Å². The second-order valence-corrected chi connectivity index (χ2v) is 4.85. The van der Waals surface area contributed by atoms with Crippen LogP contribution in [0, 0.1) is 0 Å². The van der Waals surface area contributed by atoms with Crippen LogP contribution in [0.1, 0.15) is 25.8 Å². The maximum Gasteiger partial charge on any atom is 0.325 e. The molecule has 1 aliphatic rings. The molecule has 0 saturated carbocycles. The molecule has 1 aromatic rings. The smallest absolute Gasteiger partial charge is 0.325 e. The molecular weight excluding hydrogens is 270 g/mol. The first-order valence-corrected chi connectivity index (χ1v) is 7.05. The third-order valence-corrected chi connectivity index (χ3v) is 3.50. The summed E-state index contributed by atoms with van der Waals surface area (Å²) in [6.45, 7) is 4.37. The molecule has 2 rings (SSSR count). The summed E-state index contributed by atoms with van der Waals surface area (Å²) in [5, 5.41) is 4.94. The van der Waals surface area contributed by atoms with Gasteiger partial charge >= 0.3 is 6.03 Å². The molecule has 21 heavy (non-hydrogen) atoms. The first kappa shape index (κ1) is 15.0. The lowest BCUT2D eigenvalue weighted by Gasteiger charge is -2.34. The summed E-state index contributed by atoms with van der Waals surface area (Å²) in [6.07, 6.45) is 0.648. The summed E-state index contributed by atoms with van der Waals surface area (Å²) in [6, 6.07) is 8.14. The molecule has 112 valence electrons. The Labute approximate surface area is 123 Å². The van der Waals surface area contributed by atoms with Gasteiger partial charge in [0.05, 0.1) is 0 Å². The highest BCUT2D eigenvalue weighted by atomic mass is 16.2. The molecule has 1 aliphatic heterocycles. The number of rotatable bonds is 5. The van der Waals surface area contributed by atoms with Gasteiger partial charge in [0.25, 0.3) is 11.8 Å². The van der Waals surface area contributed by atoms with Gasteiger partial charge in [-0.25, -0.2) is 4.79 Å². The Morgan fingerprint density at radius 3 is 2.48 bits per heavy atom. The molecule has 0 bridgehead atoms. The van der Waals surface area contributed by atoms with E-state index in [1.807, 2.05) is 6.92 Å². The Balaban J connectivity index is 2.61. The van der Waals surface area contributed by atoms with Crippen molar-refractivity contribution in [2.45, 2.75) is 25.8 Å². The molecule has 1 saturated heterocycles. The fourth-order valence-electron chi connectivity index (χ4n) is 2.63. The quantitative estimate of drug-likeness (QED) is 0.626.